The highest BCUT2D eigenvalue weighted by molar-refractivity contribution is 6.31. The summed E-state index contributed by atoms with van der Waals surface area (Å²) in [4.78, 5) is 4.73. The maximum atomic E-state index is 9.94. The zero-order valence-electron chi connectivity index (χ0n) is 12.1. The van der Waals surface area contributed by atoms with Crippen LogP contribution in [0.15, 0.2) is 36.4 Å². The molecule has 3 nitrogen and oxygen atoms in total. The molecule has 0 fully saturated rings. The van der Waals surface area contributed by atoms with Gasteiger partial charge >= 0.3 is 0 Å². The molecule has 1 heterocycles. The molecule has 0 saturated carbocycles. The number of phenols is 1. The largest absolute Gasteiger partial charge is 0.508 e. The van der Waals surface area contributed by atoms with Crippen LogP contribution < -0.4 is 0 Å². The lowest BCUT2D eigenvalue weighted by atomic mass is 10.1. The number of aryl methyl sites for hydroxylation is 1. The molecule has 0 aliphatic rings. The van der Waals surface area contributed by atoms with Gasteiger partial charge < -0.3 is 9.67 Å². The second-order valence-corrected chi connectivity index (χ2v) is 5.61. The van der Waals surface area contributed by atoms with E-state index in [0.717, 1.165) is 41.0 Å². The van der Waals surface area contributed by atoms with Gasteiger partial charge in [-0.1, -0.05) is 30.7 Å². The molecule has 0 aliphatic heterocycles. The zero-order valence-corrected chi connectivity index (χ0v) is 12.9. The number of fused-ring (bicyclic) bond motifs is 1. The highest BCUT2D eigenvalue weighted by Gasteiger charge is 2.15. The summed E-state index contributed by atoms with van der Waals surface area (Å²) >= 11 is 6.07. The molecular weight excluding hydrogens is 284 g/mol. The van der Waals surface area contributed by atoms with Gasteiger partial charge in [-0.05, 0) is 37.6 Å². The van der Waals surface area contributed by atoms with Gasteiger partial charge in [0.2, 0.25) is 0 Å². The van der Waals surface area contributed by atoms with Crippen molar-refractivity contribution in [1.29, 1.82) is 0 Å². The SMILES string of the molecule is CCCn1c(-c2cccc(O)c2C)nc2cc(Cl)ccc21. The van der Waals surface area contributed by atoms with E-state index in [1.165, 1.54) is 0 Å². The molecule has 0 spiro atoms. The minimum Gasteiger partial charge on any atom is -0.508 e. The second kappa shape index (κ2) is 5.41. The molecule has 0 aliphatic carbocycles. The average molecular weight is 301 g/mol. The van der Waals surface area contributed by atoms with Gasteiger partial charge in [0.15, 0.2) is 0 Å². The Kier molecular flexibility index (Phi) is 3.60. The van der Waals surface area contributed by atoms with Crippen LogP contribution >= 0.6 is 11.6 Å². The molecule has 0 atom stereocenters. The van der Waals surface area contributed by atoms with Crippen LogP contribution in [0.25, 0.3) is 22.4 Å². The summed E-state index contributed by atoms with van der Waals surface area (Å²) < 4.78 is 2.19. The highest BCUT2D eigenvalue weighted by Crippen LogP contribution is 2.32. The highest BCUT2D eigenvalue weighted by atomic mass is 35.5. The first-order valence-electron chi connectivity index (χ1n) is 7.06. The van der Waals surface area contributed by atoms with E-state index >= 15 is 0 Å². The van der Waals surface area contributed by atoms with Crippen molar-refractivity contribution in [2.24, 2.45) is 0 Å². The molecule has 0 unspecified atom stereocenters. The number of benzene rings is 2. The molecule has 3 rings (SSSR count). The average Bonchev–Trinajstić information content (AvgIpc) is 2.80. The van der Waals surface area contributed by atoms with E-state index in [0.29, 0.717) is 10.8 Å². The summed E-state index contributed by atoms with van der Waals surface area (Å²) in [6.45, 7) is 4.93. The Bertz CT molecular complexity index is 808. The van der Waals surface area contributed by atoms with Gasteiger partial charge in [0.25, 0.3) is 0 Å². The topological polar surface area (TPSA) is 38.0 Å². The number of hydrogen-bond acceptors (Lipinski definition) is 2. The second-order valence-electron chi connectivity index (χ2n) is 5.17. The molecule has 108 valence electrons. The van der Waals surface area contributed by atoms with Crippen LogP contribution in [-0.4, -0.2) is 14.7 Å². The van der Waals surface area contributed by atoms with E-state index in [2.05, 4.69) is 11.5 Å². The monoisotopic (exact) mass is 300 g/mol. The van der Waals surface area contributed by atoms with Crippen molar-refractivity contribution in [2.45, 2.75) is 26.8 Å². The van der Waals surface area contributed by atoms with Crippen molar-refractivity contribution >= 4 is 22.6 Å². The van der Waals surface area contributed by atoms with Crippen LogP contribution in [0, 0.1) is 6.92 Å². The number of aromatic nitrogens is 2. The Morgan fingerprint density at radius 3 is 2.81 bits per heavy atom. The Labute approximate surface area is 128 Å². The Balaban J connectivity index is 2.30. The third-order valence-corrected chi connectivity index (χ3v) is 3.94. The quantitative estimate of drug-likeness (QED) is 0.756. The van der Waals surface area contributed by atoms with E-state index in [4.69, 9.17) is 16.6 Å². The molecule has 0 bridgehead atoms. The minimum atomic E-state index is 0.292. The summed E-state index contributed by atoms with van der Waals surface area (Å²) in [5.41, 5.74) is 3.75. The Morgan fingerprint density at radius 2 is 2.05 bits per heavy atom. The lowest BCUT2D eigenvalue weighted by Crippen LogP contribution is -2.00. The van der Waals surface area contributed by atoms with E-state index in [9.17, 15) is 5.11 Å². The van der Waals surface area contributed by atoms with E-state index in [1.807, 2.05) is 37.3 Å². The van der Waals surface area contributed by atoms with Gasteiger partial charge in [0.1, 0.15) is 11.6 Å². The number of aromatic hydroxyl groups is 1. The van der Waals surface area contributed by atoms with Crippen molar-refractivity contribution in [3.63, 3.8) is 0 Å². The van der Waals surface area contributed by atoms with Crippen LogP contribution in [0.3, 0.4) is 0 Å². The van der Waals surface area contributed by atoms with Crippen molar-refractivity contribution in [3.05, 3.63) is 47.0 Å². The van der Waals surface area contributed by atoms with Crippen molar-refractivity contribution in [1.82, 2.24) is 9.55 Å². The standard InChI is InChI=1S/C17H17ClN2O/c1-3-9-20-15-8-7-12(18)10-14(15)19-17(20)13-5-4-6-16(21)11(13)2/h4-8,10,21H,3,9H2,1-2H3. The van der Waals surface area contributed by atoms with Gasteiger partial charge in [-0.25, -0.2) is 4.98 Å². The number of rotatable bonds is 3. The fourth-order valence-corrected chi connectivity index (χ4v) is 2.79. The van der Waals surface area contributed by atoms with Crippen LogP contribution in [0.2, 0.25) is 5.02 Å². The fourth-order valence-electron chi connectivity index (χ4n) is 2.62. The van der Waals surface area contributed by atoms with Gasteiger partial charge in [-0.3, -0.25) is 0 Å². The third kappa shape index (κ3) is 2.38. The van der Waals surface area contributed by atoms with Gasteiger partial charge in [0.05, 0.1) is 11.0 Å². The van der Waals surface area contributed by atoms with Crippen molar-refractivity contribution < 1.29 is 5.11 Å². The minimum absolute atomic E-state index is 0.292. The van der Waals surface area contributed by atoms with E-state index in [-0.39, 0.29) is 0 Å². The summed E-state index contributed by atoms with van der Waals surface area (Å²) in [5, 5.41) is 10.6. The van der Waals surface area contributed by atoms with Crippen molar-refractivity contribution in [3.8, 4) is 17.1 Å². The van der Waals surface area contributed by atoms with Crippen LogP contribution in [0.1, 0.15) is 18.9 Å². The summed E-state index contributed by atoms with van der Waals surface area (Å²) in [6, 6.07) is 11.3. The lowest BCUT2D eigenvalue weighted by molar-refractivity contribution is 0.471. The van der Waals surface area contributed by atoms with E-state index < -0.39 is 0 Å². The van der Waals surface area contributed by atoms with Gasteiger partial charge in [0, 0.05) is 22.7 Å². The predicted octanol–water partition coefficient (Wildman–Crippen LogP) is 4.78. The number of hydrogen-bond donors (Lipinski definition) is 1. The molecule has 0 saturated heterocycles. The fraction of sp³-hybridized carbons (Fsp3) is 0.235. The number of halogens is 1. The normalized spacial score (nSPS) is 11.2. The van der Waals surface area contributed by atoms with E-state index in [1.54, 1.807) is 6.07 Å². The van der Waals surface area contributed by atoms with Crippen LogP contribution in [0.5, 0.6) is 5.75 Å². The molecule has 0 radical (unpaired) electrons. The Morgan fingerprint density at radius 1 is 1.24 bits per heavy atom. The first kappa shape index (κ1) is 14.0. The number of nitrogens with zero attached hydrogens (tertiary/aromatic N) is 2. The molecular formula is C17H17ClN2O. The summed E-state index contributed by atoms with van der Waals surface area (Å²) in [5.74, 6) is 1.17. The lowest BCUT2D eigenvalue weighted by Gasteiger charge is -2.10. The molecule has 1 aromatic heterocycles. The summed E-state index contributed by atoms with van der Waals surface area (Å²) in [6.07, 6.45) is 1.01. The molecule has 4 heteroatoms. The van der Waals surface area contributed by atoms with Gasteiger partial charge in [-0.15, -0.1) is 0 Å². The zero-order chi connectivity index (χ0) is 15.0. The molecule has 0 amide bonds. The smallest absolute Gasteiger partial charge is 0.141 e. The van der Waals surface area contributed by atoms with Crippen LogP contribution in [-0.2, 0) is 6.54 Å². The molecule has 1 N–H and O–H groups in total. The number of phenolic OH excluding ortho intramolecular Hbond substituents is 1. The van der Waals surface area contributed by atoms with Crippen LogP contribution in [0.4, 0.5) is 0 Å². The van der Waals surface area contributed by atoms with Gasteiger partial charge in [-0.2, -0.15) is 0 Å². The Hall–Kier alpha value is -2.00. The predicted molar refractivity (Wildman–Crippen MR) is 86.9 cm³/mol. The third-order valence-electron chi connectivity index (χ3n) is 3.70. The molecule has 2 aromatic carbocycles. The maximum absolute atomic E-state index is 9.94. The molecule has 3 aromatic rings. The summed E-state index contributed by atoms with van der Waals surface area (Å²) in [7, 11) is 0. The maximum Gasteiger partial charge on any atom is 0.141 e. The number of imidazole rings is 1. The van der Waals surface area contributed by atoms with Crippen molar-refractivity contribution in [2.75, 3.05) is 0 Å². The first-order valence-corrected chi connectivity index (χ1v) is 7.44. The first-order chi connectivity index (χ1) is 10.1. The molecule has 21 heavy (non-hydrogen) atoms.